The Morgan fingerprint density at radius 2 is 1.89 bits per heavy atom. The van der Waals surface area contributed by atoms with Crippen molar-refractivity contribution in [2.24, 2.45) is 0 Å². The van der Waals surface area contributed by atoms with Crippen LogP contribution in [-0.4, -0.2) is 3.01 Å². The molecule has 0 saturated carbocycles. The van der Waals surface area contributed by atoms with Gasteiger partial charge in [-0.15, -0.1) is 0 Å². The van der Waals surface area contributed by atoms with Crippen molar-refractivity contribution in [1.82, 2.24) is 3.08 Å². The van der Waals surface area contributed by atoms with Gasteiger partial charge in [-0.3, -0.25) is 0 Å². The Hall–Kier alpha value is -0.0849. The topological polar surface area (TPSA) is 34.3 Å². The van der Waals surface area contributed by atoms with Crippen molar-refractivity contribution in [3.63, 3.8) is 0 Å². The summed E-state index contributed by atoms with van der Waals surface area (Å²) >= 11 is -1.77. The van der Waals surface area contributed by atoms with Crippen LogP contribution in [0.25, 0.3) is 0 Å². The third-order valence-electron chi connectivity index (χ3n) is 1.01. The van der Waals surface area contributed by atoms with Crippen molar-refractivity contribution in [2.75, 3.05) is 0 Å². The summed E-state index contributed by atoms with van der Waals surface area (Å²) in [6, 6.07) is 9.57. The quantitative estimate of drug-likeness (QED) is 0.807. The predicted molar refractivity (Wildman–Crippen MR) is 30.5 cm³/mol. The van der Waals surface area contributed by atoms with Crippen LogP contribution in [0.3, 0.4) is 0 Å². The van der Waals surface area contributed by atoms with Gasteiger partial charge in [-0.05, 0) is 0 Å². The van der Waals surface area contributed by atoms with Crippen molar-refractivity contribution in [2.45, 2.75) is 0 Å². The van der Waals surface area contributed by atoms with Crippen LogP contribution in [-0.2, 0) is 25.3 Å². The summed E-state index contributed by atoms with van der Waals surface area (Å²) in [6.07, 6.45) is 0. The van der Waals surface area contributed by atoms with E-state index in [2.05, 4.69) is 3.08 Å². The molecule has 0 heterocycles. The average Bonchev–Trinajstić information content (AvgIpc) is 1.91. The molecular weight excluding hydrogens is 303 g/mol. The summed E-state index contributed by atoms with van der Waals surface area (Å²) in [5.41, 5.74) is 0.918. The molecule has 0 aliphatic rings. The molecule has 0 unspecified atom stereocenters. The first-order chi connectivity index (χ1) is 4.43. The number of hydrogen-bond donors (Lipinski definition) is 1. The minimum absolute atomic E-state index is 0.918. The Balaban J connectivity index is 2.61. The Labute approximate surface area is 67.4 Å². The molecule has 1 radical (unpaired) electrons. The van der Waals surface area contributed by atoms with Crippen LogP contribution in [0.15, 0.2) is 30.3 Å². The Bertz CT molecular complexity index is 166. The number of nitrogens with zero attached hydrogens (tertiary/aromatic N) is 1. The van der Waals surface area contributed by atoms with Gasteiger partial charge in [-0.1, -0.05) is 0 Å². The third-order valence-corrected chi connectivity index (χ3v) is 2.98. The maximum absolute atomic E-state index is 8.58. The van der Waals surface area contributed by atoms with E-state index in [9.17, 15) is 0 Å². The van der Waals surface area contributed by atoms with Crippen LogP contribution in [0.2, 0.25) is 0 Å². The fraction of sp³-hybridized carbons (Fsp3) is 0. The van der Waals surface area contributed by atoms with Gasteiger partial charge in [0.1, 0.15) is 0 Å². The standard InChI is InChI=1S/C6H5N.Hg.H2O/c7-6-4-2-1-3-5-6;;/h1-5H;;1H2/q;+1;/p-1. The van der Waals surface area contributed by atoms with Crippen LogP contribution in [0.4, 0.5) is 5.69 Å². The summed E-state index contributed by atoms with van der Waals surface area (Å²) in [4.78, 5) is 0. The third kappa shape index (κ3) is 2.32. The van der Waals surface area contributed by atoms with E-state index in [-0.39, 0.29) is 0 Å². The van der Waals surface area contributed by atoms with E-state index < -0.39 is 25.3 Å². The summed E-state index contributed by atoms with van der Waals surface area (Å²) in [5, 5.41) is 0. The molecular formula is C6H6HgNO. The SMILES string of the molecule is [OH][Hg][N]c1ccccc1. The van der Waals surface area contributed by atoms with Gasteiger partial charge in [-0.2, -0.15) is 0 Å². The van der Waals surface area contributed by atoms with Gasteiger partial charge in [-0.25, -0.2) is 0 Å². The second kappa shape index (κ2) is 3.85. The van der Waals surface area contributed by atoms with Gasteiger partial charge >= 0.3 is 67.4 Å². The van der Waals surface area contributed by atoms with Crippen molar-refractivity contribution in [3.05, 3.63) is 30.3 Å². The first-order valence-electron chi connectivity index (χ1n) is 2.77. The van der Waals surface area contributed by atoms with Crippen LogP contribution in [0, 0.1) is 0 Å². The van der Waals surface area contributed by atoms with Crippen LogP contribution < -0.4 is 3.08 Å². The van der Waals surface area contributed by atoms with Crippen LogP contribution >= 0.6 is 0 Å². The second-order valence-electron chi connectivity index (χ2n) is 1.64. The predicted octanol–water partition coefficient (Wildman–Crippen LogP) is 0.827. The molecule has 1 aromatic carbocycles. The van der Waals surface area contributed by atoms with E-state index in [0.717, 1.165) is 5.69 Å². The number of hydrogen-bond acceptors (Lipinski definition) is 1. The molecule has 1 aromatic rings. The van der Waals surface area contributed by atoms with E-state index in [4.69, 9.17) is 3.01 Å². The molecule has 0 saturated heterocycles. The number of rotatable bonds is 2. The monoisotopic (exact) mass is 310 g/mol. The summed E-state index contributed by atoms with van der Waals surface area (Å²) in [5.74, 6) is 0. The van der Waals surface area contributed by atoms with E-state index in [1.54, 1.807) is 0 Å². The van der Waals surface area contributed by atoms with E-state index in [1.165, 1.54) is 0 Å². The van der Waals surface area contributed by atoms with Gasteiger partial charge in [0.05, 0.1) is 0 Å². The zero-order valence-electron chi connectivity index (χ0n) is 4.99. The van der Waals surface area contributed by atoms with E-state index in [1.807, 2.05) is 30.3 Å². The van der Waals surface area contributed by atoms with Gasteiger partial charge in [0.25, 0.3) is 0 Å². The second-order valence-corrected chi connectivity index (χ2v) is 3.96. The molecule has 0 fully saturated rings. The summed E-state index contributed by atoms with van der Waals surface area (Å²) in [6.45, 7) is 0. The van der Waals surface area contributed by atoms with Gasteiger partial charge in [0.15, 0.2) is 0 Å². The van der Waals surface area contributed by atoms with E-state index in [0.29, 0.717) is 0 Å². The molecule has 0 amide bonds. The van der Waals surface area contributed by atoms with Crippen molar-refractivity contribution < 1.29 is 28.3 Å². The average molecular weight is 309 g/mol. The molecule has 0 spiro atoms. The molecule has 43 valence electrons. The van der Waals surface area contributed by atoms with E-state index >= 15 is 0 Å². The molecule has 2 nitrogen and oxygen atoms in total. The number of benzene rings is 1. The van der Waals surface area contributed by atoms with Gasteiger partial charge < -0.3 is 0 Å². The Morgan fingerprint density at radius 3 is 2.44 bits per heavy atom. The van der Waals surface area contributed by atoms with Crippen molar-refractivity contribution >= 4 is 5.69 Å². The fourth-order valence-corrected chi connectivity index (χ4v) is 2.07. The molecule has 0 aromatic heterocycles. The van der Waals surface area contributed by atoms with Crippen molar-refractivity contribution in [3.8, 4) is 0 Å². The zero-order chi connectivity index (χ0) is 6.53. The first kappa shape index (κ1) is 7.03. The first-order valence-corrected chi connectivity index (χ1v) is 7.68. The molecule has 0 atom stereocenters. The molecule has 3 heteroatoms. The molecule has 0 aliphatic heterocycles. The van der Waals surface area contributed by atoms with Crippen LogP contribution in [0.1, 0.15) is 0 Å². The Morgan fingerprint density at radius 1 is 1.22 bits per heavy atom. The fourth-order valence-electron chi connectivity index (χ4n) is 0.615. The molecule has 0 aliphatic carbocycles. The molecule has 0 bridgehead atoms. The molecule has 1 rings (SSSR count). The molecule has 1 N–H and O–H groups in total. The van der Waals surface area contributed by atoms with Gasteiger partial charge in [0, 0.05) is 0 Å². The Kier molecular flexibility index (Phi) is 3.01. The zero-order valence-corrected chi connectivity index (χ0v) is 10.5. The molecule has 9 heavy (non-hydrogen) atoms. The summed E-state index contributed by atoms with van der Waals surface area (Å²) < 4.78 is 12.6. The minimum atomic E-state index is -1.77. The normalized spacial score (nSPS) is 8.11. The van der Waals surface area contributed by atoms with Crippen LogP contribution in [0.5, 0.6) is 0 Å². The van der Waals surface area contributed by atoms with Crippen molar-refractivity contribution in [1.29, 1.82) is 0 Å². The maximum atomic E-state index is 8.58. The van der Waals surface area contributed by atoms with Gasteiger partial charge in [0.2, 0.25) is 0 Å². The summed E-state index contributed by atoms with van der Waals surface area (Å²) in [7, 11) is 0.